The van der Waals surface area contributed by atoms with E-state index in [0.717, 1.165) is 14.8 Å². The van der Waals surface area contributed by atoms with Crippen LogP contribution in [0.5, 0.6) is 0 Å². The van der Waals surface area contributed by atoms with Gasteiger partial charge in [-0.1, -0.05) is 23.8 Å². The van der Waals surface area contributed by atoms with Gasteiger partial charge in [0.15, 0.2) is 0 Å². The van der Waals surface area contributed by atoms with Crippen molar-refractivity contribution in [1.82, 2.24) is 15.2 Å². The number of hydrogen-bond acceptors (Lipinski definition) is 5. The van der Waals surface area contributed by atoms with E-state index in [2.05, 4.69) is 10.9 Å². The number of hydrogen-bond donors (Lipinski definition) is 2. The molecule has 0 spiro atoms. The molecule has 0 fully saturated rings. The Morgan fingerprint density at radius 1 is 1.04 bits per heavy atom. The minimum Gasteiger partial charge on any atom is -0.272 e. The van der Waals surface area contributed by atoms with E-state index < -0.39 is 21.2 Å². The molecule has 7 nitrogen and oxygen atoms in total. The molecule has 9 heteroatoms. The summed E-state index contributed by atoms with van der Waals surface area (Å²) in [6.07, 6.45) is 0. The van der Waals surface area contributed by atoms with E-state index in [1.165, 1.54) is 50.1 Å². The Kier molecular flexibility index (Phi) is 7.22. The summed E-state index contributed by atoms with van der Waals surface area (Å²) in [4.78, 5) is 25.4. The van der Waals surface area contributed by atoms with Gasteiger partial charge in [0, 0.05) is 24.6 Å². The summed E-state index contributed by atoms with van der Waals surface area (Å²) in [5.74, 6) is -0.965. The Bertz CT molecular complexity index is 957. The van der Waals surface area contributed by atoms with E-state index >= 15 is 0 Å². The summed E-state index contributed by atoms with van der Waals surface area (Å²) in [5, 5.41) is -0.427. The van der Waals surface area contributed by atoms with Crippen LogP contribution in [0.25, 0.3) is 0 Å². The second kappa shape index (κ2) is 9.22. The van der Waals surface area contributed by atoms with Crippen molar-refractivity contribution in [3.63, 3.8) is 0 Å². The molecule has 2 aromatic carbocycles. The maximum atomic E-state index is 12.3. The van der Waals surface area contributed by atoms with E-state index in [1.54, 1.807) is 6.92 Å². The third-order valence-electron chi connectivity index (χ3n) is 3.88. The van der Waals surface area contributed by atoms with Crippen molar-refractivity contribution in [1.29, 1.82) is 0 Å². The molecule has 0 bridgehead atoms. The first kappa shape index (κ1) is 21.9. The lowest BCUT2D eigenvalue weighted by atomic mass is 10.2. The average molecular weight is 422 g/mol. The number of sulfonamides is 1. The summed E-state index contributed by atoms with van der Waals surface area (Å²) in [6.45, 7) is 3.72. The van der Waals surface area contributed by atoms with E-state index in [9.17, 15) is 18.0 Å². The van der Waals surface area contributed by atoms with Gasteiger partial charge in [0.25, 0.3) is 11.8 Å². The average Bonchev–Trinajstić information content (AvgIpc) is 2.67. The lowest BCUT2D eigenvalue weighted by Gasteiger charge is -2.14. The Hall–Kier alpha value is -2.36. The summed E-state index contributed by atoms with van der Waals surface area (Å²) in [5.41, 5.74) is 5.95. The number of nitrogens with zero attached hydrogens (tertiary/aromatic N) is 1. The summed E-state index contributed by atoms with van der Waals surface area (Å²) in [6, 6.07) is 13.4. The van der Waals surface area contributed by atoms with E-state index in [-0.39, 0.29) is 16.4 Å². The maximum Gasteiger partial charge on any atom is 0.269 e. The van der Waals surface area contributed by atoms with E-state index in [1.807, 2.05) is 31.2 Å². The van der Waals surface area contributed by atoms with Crippen LogP contribution in [0.4, 0.5) is 0 Å². The molecule has 0 unspecified atom stereocenters. The number of rotatable bonds is 6. The monoisotopic (exact) mass is 421 g/mol. The van der Waals surface area contributed by atoms with Gasteiger partial charge in [-0.3, -0.25) is 20.4 Å². The summed E-state index contributed by atoms with van der Waals surface area (Å²) >= 11 is 1.37. The lowest BCUT2D eigenvalue weighted by Crippen LogP contribution is -2.44. The molecule has 2 amide bonds. The van der Waals surface area contributed by atoms with Crippen molar-refractivity contribution in [3.05, 3.63) is 59.7 Å². The van der Waals surface area contributed by atoms with Gasteiger partial charge in [0.05, 0.1) is 10.1 Å². The minimum absolute atomic E-state index is 0.000212. The fraction of sp³-hybridized carbons (Fsp3) is 0.263. The smallest absolute Gasteiger partial charge is 0.269 e. The zero-order valence-corrected chi connectivity index (χ0v) is 17.7. The number of carbonyl (C=O) groups excluding carboxylic acids is 2. The number of nitrogens with one attached hydrogen (secondary N) is 2. The highest BCUT2D eigenvalue weighted by Crippen LogP contribution is 2.23. The van der Waals surface area contributed by atoms with Crippen LogP contribution in [0.3, 0.4) is 0 Å². The number of carbonyl (C=O) groups is 2. The predicted octanol–water partition coefficient (Wildman–Crippen LogP) is 2.19. The number of amides is 2. The van der Waals surface area contributed by atoms with Gasteiger partial charge in [-0.05, 0) is 44.2 Å². The first-order valence-corrected chi connectivity index (χ1v) is 10.8. The van der Waals surface area contributed by atoms with Crippen LogP contribution in [-0.2, 0) is 14.8 Å². The number of benzene rings is 2. The zero-order chi connectivity index (χ0) is 20.9. The normalized spacial score (nSPS) is 12.5. The van der Waals surface area contributed by atoms with Crippen LogP contribution in [0, 0.1) is 6.92 Å². The quantitative estimate of drug-likeness (QED) is 0.551. The molecule has 0 aliphatic carbocycles. The minimum atomic E-state index is -3.65. The first-order valence-electron chi connectivity index (χ1n) is 8.47. The van der Waals surface area contributed by atoms with Gasteiger partial charge in [0.2, 0.25) is 10.0 Å². The highest BCUT2D eigenvalue weighted by molar-refractivity contribution is 8.00. The molecule has 28 heavy (non-hydrogen) atoms. The molecule has 2 aromatic rings. The third kappa shape index (κ3) is 5.57. The molecule has 2 rings (SSSR count). The Morgan fingerprint density at radius 2 is 1.68 bits per heavy atom. The van der Waals surface area contributed by atoms with Crippen LogP contribution in [0.2, 0.25) is 0 Å². The molecule has 0 saturated heterocycles. The number of thioether (sulfide) groups is 1. The van der Waals surface area contributed by atoms with Gasteiger partial charge in [0.1, 0.15) is 0 Å². The van der Waals surface area contributed by atoms with Crippen LogP contribution < -0.4 is 10.9 Å². The largest absolute Gasteiger partial charge is 0.272 e. The molecule has 0 saturated carbocycles. The molecule has 0 aliphatic rings. The molecular formula is C19H23N3O4S2. The van der Waals surface area contributed by atoms with Crippen LogP contribution >= 0.6 is 11.8 Å². The van der Waals surface area contributed by atoms with Gasteiger partial charge in [-0.2, -0.15) is 0 Å². The maximum absolute atomic E-state index is 12.3. The highest BCUT2D eigenvalue weighted by atomic mass is 32.2. The van der Waals surface area contributed by atoms with Crippen LogP contribution in [-0.4, -0.2) is 43.9 Å². The first-order chi connectivity index (χ1) is 13.1. The van der Waals surface area contributed by atoms with Crippen molar-refractivity contribution >= 4 is 33.6 Å². The van der Waals surface area contributed by atoms with Crippen LogP contribution in [0.1, 0.15) is 22.8 Å². The molecule has 0 radical (unpaired) electrons. The second-order valence-corrected chi connectivity index (χ2v) is 9.90. The molecule has 0 heterocycles. The van der Waals surface area contributed by atoms with Crippen molar-refractivity contribution in [2.45, 2.75) is 28.9 Å². The summed E-state index contributed by atoms with van der Waals surface area (Å²) < 4.78 is 25.4. The fourth-order valence-electron chi connectivity index (χ4n) is 2.18. The standard InChI is InChI=1S/C19H23N3O4S2/c1-13-8-10-16(11-9-13)27-14(2)18(23)20-21-19(24)15-6-5-7-17(12-15)28(25,26)22(3)4/h5-12,14H,1-4H3,(H,20,23)(H,21,24)/t14-/m1/s1. The topological polar surface area (TPSA) is 95.6 Å². The van der Waals surface area contributed by atoms with Gasteiger partial charge < -0.3 is 0 Å². The Morgan fingerprint density at radius 3 is 2.29 bits per heavy atom. The molecule has 0 aliphatic heterocycles. The van der Waals surface area contributed by atoms with Gasteiger partial charge in [-0.25, -0.2) is 12.7 Å². The van der Waals surface area contributed by atoms with Crippen molar-refractivity contribution in [2.75, 3.05) is 14.1 Å². The van der Waals surface area contributed by atoms with Crippen LogP contribution in [0.15, 0.2) is 58.3 Å². The van der Waals surface area contributed by atoms with Gasteiger partial charge in [-0.15, -0.1) is 11.8 Å². The highest BCUT2D eigenvalue weighted by Gasteiger charge is 2.19. The number of hydrazine groups is 1. The molecule has 1 atom stereocenters. The van der Waals surface area contributed by atoms with E-state index in [0.29, 0.717) is 0 Å². The fourth-order valence-corrected chi connectivity index (χ4v) is 3.99. The summed E-state index contributed by atoms with van der Waals surface area (Å²) in [7, 11) is -0.828. The number of aryl methyl sites for hydroxylation is 1. The molecule has 0 aromatic heterocycles. The van der Waals surface area contributed by atoms with Crippen molar-refractivity contribution in [2.24, 2.45) is 0 Å². The van der Waals surface area contributed by atoms with E-state index in [4.69, 9.17) is 0 Å². The molecule has 150 valence electrons. The zero-order valence-electron chi connectivity index (χ0n) is 16.1. The lowest BCUT2D eigenvalue weighted by molar-refractivity contribution is -0.121. The SMILES string of the molecule is Cc1ccc(S[C@H](C)C(=O)NNC(=O)c2cccc(S(=O)(=O)N(C)C)c2)cc1. The second-order valence-electron chi connectivity index (χ2n) is 6.33. The molecule has 2 N–H and O–H groups in total. The Balaban J connectivity index is 1.98. The Labute approximate surface area is 169 Å². The van der Waals surface area contributed by atoms with Crippen molar-refractivity contribution < 1.29 is 18.0 Å². The van der Waals surface area contributed by atoms with Gasteiger partial charge >= 0.3 is 0 Å². The molecular weight excluding hydrogens is 398 g/mol. The van der Waals surface area contributed by atoms with Crippen molar-refractivity contribution in [3.8, 4) is 0 Å². The predicted molar refractivity (Wildman–Crippen MR) is 109 cm³/mol. The third-order valence-corrected chi connectivity index (χ3v) is 6.80.